The molecule has 0 fully saturated rings. The molecule has 2 aromatic heterocycles. The van der Waals surface area contributed by atoms with Gasteiger partial charge >= 0.3 is 0 Å². The second-order valence-electron chi connectivity index (χ2n) is 5.24. The van der Waals surface area contributed by atoms with Gasteiger partial charge in [-0.3, -0.25) is 4.79 Å². The van der Waals surface area contributed by atoms with E-state index in [4.69, 9.17) is 0 Å². The van der Waals surface area contributed by atoms with Crippen molar-refractivity contribution in [3.05, 3.63) is 70.5 Å². The Labute approximate surface area is 131 Å². The smallest absolute Gasteiger partial charge is 0.276 e. The minimum atomic E-state index is -0.238. The van der Waals surface area contributed by atoms with Crippen molar-refractivity contribution in [1.29, 1.82) is 0 Å². The fourth-order valence-corrected chi connectivity index (χ4v) is 2.65. The molecule has 0 radical (unpaired) electrons. The Morgan fingerprint density at radius 1 is 1.00 bits per heavy atom. The molecule has 0 aliphatic heterocycles. The first-order valence-corrected chi connectivity index (χ1v) is 7.21. The molecule has 6 nitrogen and oxygen atoms in total. The normalized spacial score (nSPS) is 11.0. The van der Waals surface area contributed by atoms with Crippen molar-refractivity contribution in [3.8, 4) is 17.1 Å². The van der Waals surface area contributed by atoms with Gasteiger partial charge in [0.2, 0.25) is 5.82 Å². The molecule has 112 valence electrons. The zero-order chi connectivity index (χ0) is 15.8. The van der Waals surface area contributed by atoms with Gasteiger partial charge in [-0.25, -0.2) is 0 Å². The number of hydrogen-bond acceptors (Lipinski definition) is 4. The maximum Gasteiger partial charge on any atom is 0.276 e. The van der Waals surface area contributed by atoms with Crippen LogP contribution in [0.15, 0.2) is 59.4 Å². The quantitative estimate of drug-likeness (QED) is 0.617. The summed E-state index contributed by atoms with van der Waals surface area (Å²) in [4.78, 5) is 16.6. The molecule has 6 heteroatoms. The van der Waals surface area contributed by atoms with Crippen molar-refractivity contribution in [2.45, 2.75) is 6.92 Å². The Bertz CT molecular complexity index is 1050. The van der Waals surface area contributed by atoms with Gasteiger partial charge in [0.15, 0.2) is 5.69 Å². The van der Waals surface area contributed by atoms with E-state index >= 15 is 0 Å². The van der Waals surface area contributed by atoms with Gasteiger partial charge < -0.3 is 4.98 Å². The number of pyridine rings is 1. The highest BCUT2D eigenvalue weighted by Gasteiger charge is 2.14. The number of aromatic amines is 1. The molecule has 0 unspecified atom stereocenters. The minimum Gasteiger partial charge on any atom is -0.320 e. The first-order valence-electron chi connectivity index (χ1n) is 7.21. The van der Waals surface area contributed by atoms with Crippen molar-refractivity contribution in [1.82, 2.24) is 25.2 Å². The monoisotopic (exact) mass is 303 g/mol. The lowest BCUT2D eigenvalue weighted by atomic mass is 10.1. The molecule has 0 saturated heterocycles. The number of tetrazole rings is 1. The number of nitrogens with one attached hydrogen (secondary N) is 1. The van der Waals surface area contributed by atoms with Gasteiger partial charge in [-0.1, -0.05) is 48.5 Å². The lowest BCUT2D eigenvalue weighted by Gasteiger charge is -2.06. The number of fused-ring (bicyclic) bond motifs is 1. The largest absolute Gasteiger partial charge is 0.320 e. The van der Waals surface area contributed by atoms with Crippen LogP contribution >= 0.6 is 0 Å². The second-order valence-corrected chi connectivity index (χ2v) is 5.24. The highest BCUT2D eigenvalue weighted by atomic mass is 16.1. The third kappa shape index (κ3) is 2.20. The van der Waals surface area contributed by atoms with Crippen LogP contribution in [0, 0.1) is 6.92 Å². The molecule has 0 spiro atoms. The van der Waals surface area contributed by atoms with Gasteiger partial charge in [0, 0.05) is 16.5 Å². The summed E-state index contributed by atoms with van der Waals surface area (Å²) in [6, 6.07) is 17.2. The second kappa shape index (κ2) is 5.17. The Morgan fingerprint density at radius 2 is 1.74 bits per heavy atom. The zero-order valence-corrected chi connectivity index (χ0v) is 12.4. The summed E-state index contributed by atoms with van der Waals surface area (Å²) in [6.45, 7) is 1.89. The SMILES string of the molecule is Cc1c(-n2nnc(-c3ccccc3)n2)c(=O)[nH]c2ccccc12. The first-order chi connectivity index (χ1) is 11.2. The minimum absolute atomic E-state index is 0.238. The first kappa shape index (κ1) is 13.4. The lowest BCUT2D eigenvalue weighted by molar-refractivity contribution is 0.709. The molecule has 0 amide bonds. The fraction of sp³-hybridized carbons (Fsp3) is 0.0588. The van der Waals surface area contributed by atoms with Crippen LogP contribution in [0.2, 0.25) is 0 Å². The van der Waals surface area contributed by atoms with Crippen molar-refractivity contribution in [2.75, 3.05) is 0 Å². The third-order valence-electron chi connectivity index (χ3n) is 3.80. The van der Waals surface area contributed by atoms with Gasteiger partial charge in [-0.05, 0) is 23.8 Å². The van der Waals surface area contributed by atoms with E-state index in [1.165, 1.54) is 4.80 Å². The molecule has 0 atom stereocenters. The molecule has 0 bridgehead atoms. The Hall–Kier alpha value is -3.28. The lowest BCUT2D eigenvalue weighted by Crippen LogP contribution is -2.18. The van der Waals surface area contributed by atoms with E-state index in [0.717, 1.165) is 22.0 Å². The van der Waals surface area contributed by atoms with E-state index in [9.17, 15) is 4.79 Å². The Kier molecular flexibility index (Phi) is 3.01. The summed E-state index contributed by atoms with van der Waals surface area (Å²) in [6.07, 6.45) is 0. The Balaban J connectivity index is 1.90. The predicted octanol–water partition coefficient (Wildman–Crippen LogP) is 2.48. The van der Waals surface area contributed by atoms with Crippen molar-refractivity contribution < 1.29 is 0 Å². The Morgan fingerprint density at radius 3 is 2.57 bits per heavy atom. The van der Waals surface area contributed by atoms with Crippen LogP contribution in [-0.2, 0) is 0 Å². The van der Waals surface area contributed by atoms with Crippen molar-refractivity contribution in [2.24, 2.45) is 0 Å². The molecule has 0 aliphatic carbocycles. The fourth-order valence-electron chi connectivity index (χ4n) is 2.65. The van der Waals surface area contributed by atoms with Crippen LogP contribution in [0.3, 0.4) is 0 Å². The summed E-state index contributed by atoms with van der Waals surface area (Å²) in [5.74, 6) is 0.484. The molecule has 4 rings (SSSR count). The van der Waals surface area contributed by atoms with E-state index < -0.39 is 0 Å². The van der Waals surface area contributed by atoms with E-state index in [2.05, 4.69) is 20.4 Å². The van der Waals surface area contributed by atoms with Gasteiger partial charge in [0.05, 0.1) is 0 Å². The number of hydrogen-bond donors (Lipinski definition) is 1. The van der Waals surface area contributed by atoms with Gasteiger partial charge in [0.25, 0.3) is 5.56 Å². The molecule has 1 N–H and O–H groups in total. The number of H-pyrrole nitrogens is 1. The van der Waals surface area contributed by atoms with Crippen LogP contribution < -0.4 is 5.56 Å². The number of nitrogens with zero attached hydrogens (tertiary/aromatic N) is 4. The number of para-hydroxylation sites is 1. The average molecular weight is 303 g/mol. The van der Waals surface area contributed by atoms with Crippen LogP contribution in [0.5, 0.6) is 0 Å². The summed E-state index contributed by atoms with van der Waals surface area (Å²) in [7, 11) is 0. The summed E-state index contributed by atoms with van der Waals surface area (Å²) < 4.78 is 0. The van der Waals surface area contributed by atoms with Gasteiger partial charge in [0.1, 0.15) is 0 Å². The molecule has 2 aromatic carbocycles. The highest BCUT2D eigenvalue weighted by Crippen LogP contribution is 2.19. The summed E-state index contributed by atoms with van der Waals surface area (Å²) >= 11 is 0. The molecular formula is C17H13N5O. The molecule has 0 saturated carbocycles. The van der Waals surface area contributed by atoms with E-state index in [-0.39, 0.29) is 5.56 Å². The summed E-state index contributed by atoms with van der Waals surface area (Å²) in [5, 5.41) is 13.4. The number of aryl methyl sites for hydroxylation is 1. The van der Waals surface area contributed by atoms with Crippen molar-refractivity contribution in [3.63, 3.8) is 0 Å². The maximum atomic E-state index is 12.4. The highest BCUT2D eigenvalue weighted by molar-refractivity contribution is 5.84. The van der Waals surface area contributed by atoms with Gasteiger partial charge in [-0.2, -0.15) is 0 Å². The van der Waals surface area contributed by atoms with E-state index in [0.29, 0.717) is 11.5 Å². The van der Waals surface area contributed by atoms with Gasteiger partial charge in [-0.15, -0.1) is 15.0 Å². The third-order valence-corrected chi connectivity index (χ3v) is 3.80. The predicted molar refractivity (Wildman–Crippen MR) is 87.5 cm³/mol. The van der Waals surface area contributed by atoms with E-state index in [1.54, 1.807) is 0 Å². The molecule has 4 aromatic rings. The number of rotatable bonds is 2. The molecule has 2 heterocycles. The van der Waals surface area contributed by atoms with Crippen LogP contribution in [0.1, 0.15) is 5.56 Å². The van der Waals surface area contributed by atoms with Crippen LogP contribution in [0.4, 0.5) is 0 Å². The van der Waals surface area contributed by atoms with E-state index in [1.807, 2.05) is 61.5 Å². The number of aromatic nitrogens is 5. The average Bonchev–Trinajstić information content (AvgIpc) is 3.05. The molecular weight excluding hydrogens is 290 g/mol. The van der Waals surface area contributed by atoms with Crippen LogP contribution in [0.25, 0.3) is 28.0 Å². The van der Waals surface area contributed by atoms with Crippen LogP contribution in [-0.4, -0.2) is 25.2 Å². The maximum absolute atomic E-state index is 12.4. The van der Waals surface area contributed by atoms with Crippen molar-refractivity contribution >= 4 is 10.9 Å². The zero-order valence-electron chi connectivity index (χ0n) is 12.4. The molecule has 23 heavy (non-hydrogen) atoms. The standard InChI is InChI=1S/C17H13N5O/c1-11-13-9-5-6-10-14(13)18-17(23)15(11)22-20-16(19-21-22)12-7-3-2-4-8-12/h2-10H,1H3,(H,18,23). The topological polar surface area (TPSA) is 76.5 Å². The summed E-state index contributed by atoms with van der Waals surface area (Å²) in [5.41, 5.74) is 2.62. The molecule has 0 aliphatic rings. The number of benzene rings is 2.